The van der Waals surface area contributed by atoms with E-state index in [2.05, 4.69) is 29.0 Å². The van der Waals surface area contributed by atoms with Gasteiger partial charge in [0, 0.05) is 30.6 Å². The van der Waals surface area contributed by atoms with Crippen molar-refractivity contribution in [2.45, 2.75) is 26.8 Å². The molecule has 1 aromatic heterocycles. The van der Waals surface area contributed by atoms with E-state index in [0.717, 1.165) is 25.3 Å². The molecular weight excluding hydrogens is 398 g/mol. The second-order valence-electron chi connectivity index (χ2n) is 7.43. The van der Waals surface area contributed by atoms with Crippen LogP contribution in [0.1, 0.15) is 36.3 Å². The Hall–Kier alpha value is -1.83. The monoisotopic (exact) mass is 423 g/mol. The van der Waals surface area contributed by atoms with E-state index in [4.69, 9.17) is 21.1 Å². The molecule has 1 N–H and O–H groups in total. The number of methoxy groups -OCH3 is 2. The lowest BCUT2D eigenvalue weighted by Crippen LogP contribution is -2.38. The lowest BCUT2D eigenvalue weighted by Gasteiger charge is -2.34. The van der Waals surface area contributed by atoms with E-state index in [-0.39, 0.29) is 5.91 Å². The Balaban J connectivity index is 1.66. The van der Waals surface area contributed by atoms with Gasteiger partial charge in [0.25, 0.3) is 5.91 Å². The fourth-order valence-electron chi connectivity index (χ4n) is 3.81. The zero-order chi connectivity index (χ0) is 20.3. The number of likely N-dealkylation sites (tertiary alicyclic amines) is 1. The maximum Gasteiger partial charge on any atom is 0.257 e. The van der Waals surface area contributed by atoms with Crippen molar-refractivity contribution in [3.05, 3.63) is 33.8 Å². The molecule has 8 heteroatoms. The van der Waals surface area contributed by atoms with Crippen molar-refractivity contribution in [2.75, 3.05) is 32.6 Å². The molecule has 2 atom stereocenters. The van der Waals surface area contributed by atoms with Gasteiger partial charge in [-0.25, -0.2) is 4.98 Å². The summed E-state index contributed by atoms with van der Waals surface area (Å²) in [7, 11) is 3.01. The Kier molecular flexibility index (Phi) is 6.80. The summed E-state index contributed by atoms with van der Waals surface area (Å²) in [5, 5.41) is 5.74. The van der Waals surface area contributed by atoms with E-state index in [1.54, 1.807) is 12.1 Å². The van der Waals surface area contributed by atoms with E-state index in [1.165, 1.54) is 32.0 Å². The smallest absolute Gasteiger partial charge is 0.257 e. The van der Waals surface area contributed by atoms with E-state index in [9.17, 15) is 4.79 Å². The van der Waals surface area contributed by atoms with Crippen LogP contribution in [0.25, 0.3) is 0 Å². The van der Waals surface area contributed by atoms with Crippen LogP contribution in [-0.4, -0.2) is 43.1 Å². The maximum atomic E-state index is 12.6. The van der Waals surface area contributed by atoms with Crippen molar-refractivity contribution < 1.29 is 14.3 Å². The minimum absolute atomic E-state index is 0.288. The molecule has 1 fully saturated rings. The second kappa shape index (κ2) is 9.11. The summed E-state index contributed by atoms with van der Waals surface area (Å²) in [6.07, 6.45) is 1.28. The summed E-state index contributed by atoms with van der Waals surface area (Å²) in [6, 6.07) is 3.16. The highest BCUT2D eigenvalue weighted by molar-refractivity contribution is 7.14. The van der Waals surface area contributed by atoms with Gasteiger partial charge >= 0.3 is 0 Å². The van der Waals surface area contributed by atoms with E-state index in [0.29, 0.717) is 39.1 Å². The average Bonchev–Trinajstić information content (AvgIpc) is 3.06. The van der Waals surface area contributed by atoms with Gasteiger partial charge in [0.05, 0.1) is 24.9 Å². The maximum absolute atomic E-state index is 12.6. The van der Waals surface area contributed by atoms with Crippen LogP contribution < -0.4 is 14.8 Å². The molecule has 28 heavy (non-hydrogen) atoms. The van der Waals surface area contributed by atoms with Crippen molar-refractivity contribution in [1.29, 1.82) is 0 Å². The molecule has 152 valence electrons. The van der Waals surface area contributed by atoms with Crippen LogP contribution in [0.15, 0.2) is 17.5 Å². The average molecular weight is 424 g/mol. The summed E-state index contributed by atoms with van der Waals surface area (Å²) < 4.78 is 10.5. The molecule has 0 aliphatic carbocycles. The Bertz CT molecular complexity index is 832. The number of hydrogen-bond acceptors (Lipinski definition) is 6. The first-order valence-corrected chi connectivity index (χ1v) is 10.5. The fourth-order valence-corrected chi connectivity index (χ4v) is 4.79. The number of thiazole rings is 1. The largest absolute Gasteiger partial charge is 0.493 e. The van der Waals surface area contributed by atoms with Gasteiger partial charge in [-0.05, 0) is 30.4 Å². The third-order valence-electron chi connectivity index (χ3n) is 4.80. The molecule has 2 heterocycles. The van der Waals surface area contributed by atoms with Crippen molar-refractivity contribution in [3.63, 3.8) is 0 Å². The Labute approximate surface area is 174 Å². The Morgan fingerprint density at radius 1 is 1.29 bits per heavy atom. The molecule has 6 nitrogen and oxygen atoms in total. The molecule has 1 saturated heterocycles. The normalized spacial score (nSPS) is 20.0. The number of aromatic nitrogens is 1. The first-order valence-electron chi connectivity index (χ1n) is 9.29. The van der Waals surface area contributed by atoms with E-state index < -0.39 is 0 Å². The number of hydrogen-bond donors (Lipinski definition) is 1. The molecule has 1 aliphatic rings. The standard InChI is InChI=1S/C20H26ClN3O3S/c1-12-5-13(2)9-24(8-12)10-15-11-28-20(22-15)23-19(25)14-6-16(21)18(27-4)17(7-14)26-3/h6-7,11-13H,5,8-10H2,1-4H3,(H,22,23,25). The van der Waals surface area contributed by atoms with Gasteiger partial charge in [-0.15, -0.1) is 11.3 Å². The molecule has 1 amide bonds. The van der Waals surface area contributed by atoms with Gasteiger partial charge in [0.1, 0.15) is 0 Å². The Morgan fingerprint density at radius 2 is 2.00 bits per heavy atom. The fraction of sp³-hybridized carbons (Fsp3) is 0.500. The molecule has 0 spiro atoms. The number of ether oxygens (including phenoxy) is 2. The summed E-state index contributed by atoms with van der Waals surface area (Å²) in [5.74, 6) is 1.94. The summed E-state index contributed by atoms with van der Waals surface area (Å²) in [6.45, 7) is 7.58. The number of nitrogens with zero attached hydrogens (tertiary/aromatic N) is 2. The van der Waals surface area contributed by atoms with Crippen molar-refractivity contribution in [2.24, 2.45) is 11.8 Å². The lowest BCUT2D eigenvalue weighted by molar-refractivity contribution is 0.102. The number of carbonyl (C=O) groups is 1. The third kappa shape index (κ3) is 4.96. The number of anilines is 1. The highest BCUT2D eigenvalue weighted by atomic mass is 35.5. The van der Waals surface area contributed by atoms with Gasteiger partial charge in [-0.3, -0.25) is 15.0 Å². The van der Waals surface area contributed by atoms with Gasteiger partial charge in [-0.1, -0.05) is 25.4 Å². The quantitative estimate of drug-likeness (QED) is 0.738. The van der Waals surface area contributed by atoms with E-state index >= 15 is 0 Å². The zero-order valence-corrected chi connectivity index (χ0v) is 18.2. The topological polar surface area (TPSA) is 63.7 Å². The predicted molar refractivity (Wildman–Crippen MR) is 113 cm³/mol. The number of nitrogens with one attached hydrogen (secondary N) is 1. The molecule has 1 aliphatic heterocycles. The minimum atomic E-state index is -0.288. The zero-order valence-electron chi connectivity index (χ0n) is 16.6. The van der Waals surface area contributed by atoms with Gasteiger partial charge in [0.2, 0.25) is 0 Å². The second-order valence-corrected chi connectivity index (χ2v) is 8.70. The molecule has 2 aromatic rings. The van der Waals surface area contributed by atoms with Crippen molar-refractivity contribution in [3.8, 4) is 11.5 Å². The number of rotatable bonds is 6. The van der Waals surface area contributed by atoms with E-state index in [1.807, 2.05) is 5.38 Å². The minimum Gasteiger partial charge on any atom is -0.493 e. The number of amides is 1. The summed E-state index contributed by atoms with van der Waals surface area (Å²) >= 11 is 7.62. The number of carbonyl (C=O) groups excluding carboxylic acids is 1. The molecule has 0 bridgehead atoms. The molecular formula is C20H26ClN3O3S. The number of benzene rings is 1. The molecule has 2 unspecified atom stereocenters. The van der Waals surface area contributed by atoms with Crippen LogP contribution in [0.3, 0.4) is 0 Å². The molecule has 1 aromatic carbocycles. The third-order valence-corrected chi connectivity index (χ3v) is 5.89. The molecule has 3 rings (SSSR count). The first-order chi connectivity index (χ1) is 13.4. The Morgan fingerprint density at radius 3 is 2.64 bits per heavy atom. The van der Waals surface area contributed by atoms with Crippen molar-refractivity contribution >= 4 is 34.0 Å². The van der Waals surface area contributed by atoms with Gasteiger partial charge in [-0.2, -0.15) is 0 Å². The first kappa shape index (κ1) is 20.9. The van der Waals surface area contributed by atoms with Crippen LogP contribution in [0.4, 0.5) is 5.13 Å². The van der Waals surface area contributed by atoms with Crippen LogP contribution >= 0.6 is 22.9 Å². The number of halogens is 1. The van der Waals surface area contributed by atoms with Gasteiger partial charge in [0.15, 0.2) is 16.6 Å². The summed E-state index contributed by atoms with van der Waals surface area (Å²) in [4.78, 5) is 19.6. The van der Waals surface area contributed by atoms with Crippen LogP contribution in [0, 0.1) is 11.8 Å². The summed E-state index contributed by atoms with van der Waals surface area (Å²) in [5.41, 5.74) is 1.37. The van der Waals surface area contributed by atoms with Crippen LogP contribution in [0.2, 0.25) is 5.02 Å². The lowest BCUT2D eigenvalue weighted by atomic mass is 9.92. The van der Waals surface area contributed by atoms with Gasteiger partial charge < -0.3 is 9.47 Å². The van der Waals surface area contributed by atoms with Crippen LogP contribution in [0.5, 0.6) is 11.5 Å². The highest BCUT2D eigenvalue weighted by Gasteiger charge is 2.22. The molecule has 0 radical (unpaired) electrons. The van der Waals surface area contributed by atoms with Crippen LogP contribution in [-0.2, 0) is 6.54 Å². The predicted octanol–water partition coefficient (Wildman–Crippen LogP) is 4.54. The SMILES string of the molecule is COc1cc(C(=O)Nc2nc(CN3CC(C)CC(C)C3)cs2)cc(Cl)c1OC. The number of piperidine rings is 1. The van der Waals surface area contributed by atoms with Crippen molar-refractivity contribution in [1.82, 2.24) is 9.88 Å². The highest BCUT2D eigenvalue weighted by Crippen LogP contribution is 2.36. The molecule has 0 saturated carbocycles.